The Hall–Kier alpha value is -2.42. The van der Waals surface area contributed by atoms with Crippen molar-refractivity contribution in [2.75, 3.05) is 58.3 Å². The van der Waals surface area contributed by atoms with E-state index in [9.17, 15) is 18.4 Å². The number of halogens is 2. The van der Waals surface area contributed by atoms with Crippen LogP contribution in [-0.4, -0.2) is 92.7 Å². The fourth-order valence-electron chi connectivity index (χ4n) is 5.43. The number of rotatable bonds is 3. The van der Waals surface area contributed by atoms with E-state index in [0.717, 1.165) is 44.5 Å². The molecule has 0 aromatic heterocycles. The van der Waals surface area contributed by atoms with Crippen LogP contribution in [0.2, 0.25) is 0 Å². The largest absolute Gasteiger partial charge is 0.443 e. The number of benzene rings is 1. The van der Waals surface area contributed by atoms with Gasteiger partial charge in [-0.25, -0.2) is 18.4 Å². The molecule has 0 bridgehead atoms. The van der Waals surface area contributed by atoms with Crippen LogP contribution >= 0.6 is 0 Å². The molecule has 9 heteroatoms. The summed E-state index contributed by atoms with van der Waals surface area (Å²) in [5.74, 6) is 0. The third kappa shape index (κ3) is 4.40. The lowest BCUT2D eigenvalue weighted by atomic mass is 9.74. The Bertz CT molecular complexity index is 834. The van der Waals surface area contributed by atoms with Gasteiger partial charge in [0.05, 0.1) is 0 Å². The molecule has 0 unspecified atom stereocenters. The summed E-state index contributed by atoms with van der Waals surface area (Å²) in [5.41, 5.74) is 2.28. The number of carbonyl (C=O) groups excluding carboxylic acids is 2. The lowest BCUT2D eigenvalue weighted by molar-refractivity contribution is 0.0204. The number of nitrogens with zero attached hydrogens (tertiary/aromatic N) is 4. The molecule has 2 saturated heterocycles. The minimum atomic E-state index is -2.64. The van der Waals surface area contributed by atoms with Gasteiger partial charge in [-0.2, -0.15) is 0 Å². The highest BCUT2D eigenvalue weighted by molar-refractivity contribution is 5.95. The molecule has 2 fully saturated rings. The predicted octanol–water partition coefficient (Wildman–Crippen LogP) is 3.39. The molecule has 3 aliphatic heterocycles. The number of para-hydroxylation sites is 1. The fraction of sp³-hybridized carbons (Fsp3) is 0.652. The summed E-state index contributed by atoms with van der Waals surface area (Å²) in [6.45, 7) is 2.82. The zero-order chi connectivity index (χ0) is 22.9. The summed E-state index contributed by atoms with van der Waals surface area (Å²) >= 11 is 0. The molecule has 0 atom stereocenters. The lowest BCUT2D eigenvalue weighted by Crippen LogP contribution is -2.53. The van der Waals surface area contributed by atoms with Crippen molar-refractivity contribution in [3.63, 3.8) is 0 Å². The first-order chi connectivity index (χ1) is 15.3. The number of carbonyl (C=O) groups is 2. The van der Waals surface area contributed by atoms with Gasteiger partial charge in [-0.1, -0.05) is 18.2 Å². The molecule has 4 rings (SSSR count). The zero-order valence-corrected chi connectivity index (χ0v) is 18.8. The van der Waals surface area contributed by atoms with Crippen molar-refractivity contribution in [1.29, 1.82) is 0 Å². The van der Waals surface area contributed by atoms with Crippen LogP contribution in [0.3, 0.4) is 0 Å². The molecule has 0 N–H and O–H groups in total. The predicted molar refractivity (Wildman–Crippen MR) is 117 cm³/mol. The number of amides is 3. The van der Waals surface area contributed by atoms with Crippen LogP contribution in [0, 0.1) is 0 Å². The van der Waals surface area contributed by atoms with E-state index in [2.05, 4.69) is 21.8 Å². The highest BCUT2D eigenvalue weighted by Crippen LogP contribution is 2.47. The van der Waals surface area contributed by atoms with Gasteiger partial charge in [-0.15, -0.1) is 0 Å². The first kappa shape index (κ1) is 22.8. The van der Waals surface area contributed by atoms with E-state index in [1.54, 1.807) is 19.0 Å². The maximum Gasteiger partial charge on any atom is 0.409 e. The van der Waals surface area contributed by atoms with Crippen molar-refractivity contribution >= 4 is 17.8 Å². The first-order valence-corrected chi connectivity index (χ1v) is 11.3. The van der Waals surface area contributed by atoms with Crippen LogP contribution in [0.25, 0.3) is 0 Å². The van der Waals surface area contributed by atoms with Crippen molar-refractivity contribution in [2.24, 2.45) is 0 Å². The summed E-state index contributed by atoms with van der Waals surface area (Å²) in [7, 11) is 3.57. The number of hydrogen-bond acceptors (Lipinski definition) is 4. The Kier molecular flexibility index (Phi) is 6.55. The van der Waals surface area contributed by atoms with Gasteiger partial charge in [-0.05, 0) is 50.4 Å². The molecule has 1 aromatic carbocycles. The van der Waals surface area contributed by atoms with Gasteiger partial charge < -0.3 is 19.4 Å². The molecule has 0 saturated carbocycles. The minimum absolute atomic E-state index is 0.0153. The van der Waals surface area contributed by atoms with Crippen LogP contribution in [0.5, 0.6) is 0 Å². The molecule has 32 heavy (non-hydrogen) atoms. The molecule has 1 spiro atoms. The normalized spacial score (nSPS) is 21.2. The lowest BCUT2D eigenvalue weighted by Gasteiger charge is -2.45. The summed E-state index contributed by atoms with van der Waals surface area (Å²) in [6.07, 6.45) is 0.323. The number of hydrogen-bond donors (Lipinski definition) is 0. The highest BCUT2D eigenvalue weighted by Gasteiger charge is 2.47. The number of piperidine rings is 2. The Morgan fingerprint density at radius 3 is 2.41 bits per heavy atom. The molecule has 3 amide bonds. The van der Waals surface area contributed by atoms with E-state index in [1.165, 1.54) is 10.5 Å². The van der Waals surface area contributed by atoms with Crippen molar-refractivity contribution in [1.82, 2.24) is 14.7 Å². The van der Waals surface area contributed by atoms with Gasteiger partial charge in [0.15, 0.2) is 6.61 Å². The van der Waals surface area contributed by atoms with E-state index in [-0.39, 0.29) is 11.4 Å². The van der Waals surface area contributed by atoms with Crippen LogP contribution in [-0.2, 0) is 10.2 Å². The third-order valence-corrected chi connectivity index (χ3v) is 7.17. The van der Waals surface area contributed by atoms with Crippen molar-refractivity contribution in [3.8, 4) is 0 Å². The molecule has 0 aliphatic carbocycles. The summed E-state index contributed by atoms with van der Waals surface area (Å²) in [6, 6.07) is 8.64. The molecule has 176 valence electrons. The maximum atomic E-state index is 12.8. The van der Waals surface area contributed by atoms with Gasteiger partial charge in [0, 0.05) is 50.9 Å². The van der Waals surface area contributed by atoms with E-state index in [0.29, 0.717) is 25.7 Å². The van der Waals surface area contributed by atoms with Crippen molar-refractivity contribution < 1.29 is 23.1 Å². The average Bonchev–Trinajstić information content (AvgIpc) is 3.11. The number of alkyl halides is 2. The Morgan fingerprint density at radius 2 is 1.78 bits per heavy atom. The number of fused-ring (bicyclic) bond motifs is 2. The molecule has 3 heterocycles. The number of anilines is 1. The van der Waals surface area contributed by atoms with Gasteiger partial charge in [0.2, 0.25) is 0 Å². The van der Waals surface area contributed by atoms with Gasteiger partial charge in [-0.3, -0.25) is 4.90 Å². The molecular weight excluding hydrogens is 418 g/mol. The molecule has 0 radical (unpaired) electrons. The van der Waals surface area contributed by atoms with E-state index >= 15 is 0 Å². The Balaban J connectivity index is 1.35. The van der Waals surface area contributed by atoms with Crippen molar-refractivity contribution in [3.05, 3.63) is 29.8 Å². The van der Waals surface area contributed by atoms with Gasteiger partial charge in [0.25, 0.3) is 6.43 Å². The second-order valence-electron chi connectivity index (χ2n) is 9.28. The SMILES string of the molecule is CN(C)C(=O)N1CC2(CCN(C3CCN(C(=O)OCC(F)F)CC3)CC2)c2ccccc21. The van der Waals surface area contributed by atoms with E-state index < -0.39 is 19.1 Å². The van der Waals surface area contributed by atoms with E-state index in [4.69, 9.17) is 0 Å². The van der Waals surface area contributed by atoms with Gasteiger partial charge in [0.1, 0.15) is 0 Å². The monoisotopic (exact) mass is 450 g/mol. The second-order valence-corrected chi connectivity index (χ2v) is 9.28. The zero-order valence-electron chi connectivity index (χ0n) is 18.8. The van der Waals surface area contributed by atoms with Gasteiger partial charge >= 0.3 is 12.1 Å². The summed E-state index contributed by atoms with van der Waals surface area (Å²) < 4.78 is 29.2. The Labute approximate surface area is 187 Å². The van der Waals surface area contributed by atoms with Crippen LogP contribution in [0.4, 0.5) is 24.1 Å². The summed E-state index contributed by atoms with van der Waals surface area (Å²) in [4.78, 5) is 32.3. The second kappa shape index (κ2) is 9.21. The quantitative estimate of drug-likeness (QED) is 0.709. The maximum absolute atomic E-state index is 12.8. The first-order valence-electron chi connectivity index (χ1n) is 11.3. The van der Waals surface area contributed by atoms with Crippen LogP contribution < -0.4 is 4.90 Å². The minimum Gasteiger partial charge on any atom is -0.443 e. The number of likely N-dealkylation sites (tertiary alicyclic amines) is 2. The average molecular weight is 451 g/mol. The fourth-order valence-corrected chi connectivity index (χ4v) is 5.43. The standard InChI is InChI=1S/C23H32F2N4O3/c1-26(2)21(30)29-16-23(18-5-3-4-6-19(18)29)9-13-27(14-10-23)17-7-11-28(12-8-17)22(31)32-15-20(24)25/h3-6,17,20H,7-16H2,1-2H3. The molecule has 1 aromatic rings. The molecule has 7 nitrogen and oxygen atoms in total. The smallest absolute Gasteiger partial charge is 0.409 e. The topological polar surface area (TPSA) is 56.3 Å². The third-order valence-electron chi connectivity index (χ3n) is 7.17. The number of urea groups is 1. The van der Waals surface area contributed by atoms with Crippen molar-refractivity contribution in [2.45, 2.75) is 43.6 Å². The van der Waals surface area contributed by atoms with Crippen LogP contribution in [0.15, 0.2) is 24.3 Å². The van der Waals surface area contributed by atoms with E-state index in [1.807, 2.05) is 17.0 Å². The highest BCUT2D eigenvalue weighted by atomic mass is 19.3. The summed E-state index contributed by atoms with van der Waals surface area (Å²) in [5, 5.41) is 0. The van der Waals surface area contributed by atoms with Crippen LogP contribution in [0.1, 0.15) is 31.2 Å². The molecule has 3 aliphatic rings. The molecular formula is C23H32F2N4O3. The number of ether oxygens (including phenoxy) is 1. The Morgan fingerprint density at radius 1 is 1.12 bits per heavy atom.